The average molecular weight is 355 g/mol. The molecule has 1 heterocycles. The predicted octanol–water partition coefficient (Wildman–Crippen LogP) is 3.49. The van der Waals surface area contributed by atoms with Crippen molar-refractivity contribution < 1.29 is 19.1 Å². The van der Waals surface area contributed by atoms with Crippen LogP contribution in [0.15, 0.2) is 47.1 Å². The maximum Gasteiger partial charge on any atom is 0.340 e. The SMILES string of the molecule is CCOC(=O)C1=C(N)OC2=C(C(=O)CC(C)(C)C2)C1c1ccccc1C. The monoisotopic (exact) mass is 355 g/mol. The quantitative estimate of drug-likeness (QED) is 0.840. The van der Waals surface area contributed by atoms with Crippen molar-refractivity contribution in [2.24, 2.45) is 11.1 Å². The second-order valence-electron chi connectivity index (χ2n) is 7.67. The number of benzene rings is 1. The summed E-state index contributed by atoms with van der Waals surface area (Å²) in [6.45, 7) is 7.98. The van der Waals surface area contributed by atoms with Crippen LogP contribution >= 0.6 is 0 Å². The van der Waals surface area contributed by atoms with Crippen LogP contribution in [0.2, 0.25) is 0 Å². The van der Waals surface area contributed by atoms with E-state index < -0.39 is 11.9 Å². The van der Waals surface area contributed by atoms with Gasteiger partial charge in [-0.15, -0.1) is 0 Å². The van der Waals surface area contributed by atoms with Gasteiger partial charge in [-0.3, -0.25) is 4.79 Å². The molecule has 0 aromatic heterocycles. The second kappa shape index (κ2) is 6.63. The third-order valence-corrected chi connectivity index (χ3v) is 4.95. The third kappa shape index (κ3) is 3.14. The van der Waals surface area contributed by atoms with Gasteiger partial charge in [-0.2, -0.15) is 0 Å². The van der Waals surface area contributed by atoms with E-state index >= 15 is 0 Å². The molecule has 1 unspecified atom stereocenters. The van der Waals surface area contributed by atoms with Gasteiger partial charge in [0, 0.05) is 18.4 Å². The highest BCUT2D eigenvalue weighted by atomic mass is 16.5. The van der Waals surface area contributed by atoms with Crippen LogP contribution in [-0.4, -0.2) is 18.4 Å². The number of nitrogens with two attached hydrogens (primary N) is 1. The molecule has 5 nitrogen and oxygen atoms in total. The maximum atomic E-state index is 13.0. The summed E-state index contributed by atoms with van der Waals surface area (Å²) in [5, 5.41) is 0. The van der Waals surface area contributed by atoms with E-state index in [0.717, 1.165) is 11.1 Å². The molecule has 0 spiro atoms. The lowest BCUT2D eigenvalue weighted by atomic mass is 9.69. The Bertz CT molecular complexity index is 832. The summed E-state index contributed by atoms with van der Waals surface area (Å²) in [5.41, 5.74) is 8.56. The third-order valence-electron chi connectivity index (χ3n) is 4.95. The number of hydrogen-bond acceptors (Lipinski definition) is 5. The van der Waals surface area contributed by atoms with Crippen molar-refractivity contribution in [3.8, 4) is 0 Å². The first-order valence-corrected chi connectivity index (χ1v) is 8.91. The van der Waals surface area contributed by atoms with Gasteiger partial charge in [0.05, 0.1) is 12.5 Å². The summed E-state index contributed by atoms with van der Waals surface area (Å²) in [7, 11) is 0. The number of ether oxygens (including phenoxy) is 2. The molecular weight excluding hydrogens is 330 g/mol. The largest absolute Gasteiger partial charge is 0.462 e. The Balaban J connectivity index is 2.21. The first-order valence-electron chi connectivity index (χ1n) is 8.91. The van der Waals surface area contributed by atoms with Gasteiger partial charge < -0.3 is 15.2 Å². The normalized spacial score (nSPS) is 22.0. The van der Waals surface area contributed by atoms with E-state index in [9.17, 15) is 9.59 Å². The number of carbonyl (C=O) groups is 2. The summed E-state index contributed by atoms with van der Waals surface area (Å²) >= 11 is 0. The van der Waals surface area contributed by atoms with Crippen LogP contribution in [0.1, 0.15) is 50.7 Å². The average Bonchev–Trinajstić information content (AvgIpc) is 2.53. The first-order chi connectivity index (χ1) is 12.2. The summed E-state index contributed by atoms with van der Waals surface area (Å²) in [6.07, 6.45) is 1.01. The Kier molecular flexibility index (Phi) is 4.65. The summed E-state index contributed by atoms with van der Waals surface area (Å²) in [4.78, 5) is 25.7. The Morgan fingerprint density at radius 1 is 1.31 bits per heavy atom. The van der Waals surface area contributed by atoms with Crippen LogP contribution in [-0.2, 0) is 19.1 Å². The van der Waals surface area contributed by atoms with Crippen LogP contribution in [0.25, 0.3) is 0 Å². The highest BCUT2D eigenvalue weighted by molar-refractivity contribution is 6.03. The maximum absolute atomic E-state index is 13.0. The van der Waals surface area contributed by atoms with E-state index in [0.29, 0.717) is 24.2 Å². The molecule has 2 N–H and O–H groups in total. The molecule has 1 atom stereocenters. The second-order valence-corrected chi connectivity index (χ2v) is 7.67. The molecule has 2 aliphatic rings. The number of esters is 1. The zero-order chi connectivity index (χ0) is 19.1. The van der Waals surface area contributed by atoms with Gasteiger partial charge in [-0.05, 0) is 30.4 Å². The Morgan fingerprint density at radius 3 is 2.65 bits per heavy atom. The van der Waals surface area contributed by atoms with Gasteiger partial charge >= 0.3 is 5.97 Å². The minimum atomic E-state index is -0.553. The number of Topliss-reactive ketones (excluding diaryl/α,β-unsaturated/α-hetero) is 1. The lowest BCUT2D eigenvalue weighted by Crippen LogP contribution is -2.36. The smallest absolute Gasteiger partial charge is 0.340 e. The summed E-state index contributed by atoms with van der Waals surface area (Å²) < 4.78 is 11.0. The van der Waals surface area contributed by atoms with Gasteiger partial charge in [0.1, 0.15) is 11.3 Å². The number of carbonyl (C=O) groups excluding carboxylic acids is 2. The van der Waals surface area contributed by atoms with E-state index in [1.807, 2.05) is 45.0 Å². The zero-order valence-corrected chi connectivity index (χ0v) is 15.7. The predicted molar refractivity (Wildman–Crippen MR) is 97.9 cm³/mol. The fraction of sp³-hybridized carbons (Fsp3) is 0.429. The standard InChI is InChI=1S/C21H25NO4/c1-5-25-20(24)18-16(13-9-7-6-8-12(13)2)17-14(23)10-21(3,4)11-15(17)26-19(18)22/h6-9,16H,5,10-11,22H2,1-4H3. The molecule has 1 aromatic rings. The Labute approximate surface area is 153 Å². The van der Waals surface area contributed by atoms with Crippen LogP contribution < -0.4 is 5.73 Å². The molecule has 5 heteroatoms. The lowest BCUT2D eigenvalue weighted by molar-refractivity contribution is -0.139. The van der Waals surface area contributed by atoms with Crippen LogP contribution in [0, 0.1) is 12.3 Å². The fourth-order valence-corrected chi connectivity index (χ4v) is 3.81. The molecule has 26 heavy (non-hydrogen) atoms. The van der Waals surface area contributed by atoms with Crippen molar-refractivity contribution in [1.29, 1.82) is 0 Å². The van der Waals surface area contributed by atoms with Crippen molar-refractivity contribution in [2.75, 3.05) is 6.61 Å². The molecule has 0 saturated carbocycles. The molecule has 3 rings (SSSR count). The van der Waals surface area contributed by atoms with E-state index in [2.05, 4.69) is 0 Å². The number of allylic oxidation sites excluding steroid dienone is 2. The number of aryl methyl sites for hydroxylation is 1. The lowest BCUT2D eigenvalue weighted by Gasteiger charge is -2.38. The molecule has 0 amide bonds. The van der Waals surface area contributed by atoms with Crippen LogP contribution in [0.5, 0.6) is 0 Å². The number of ketones is 1. The van der Waals surface area contributed by atoms with Crippen molar-refractivity contribution in [3.05, 3.63) is 58.2 Å². The molecule has 0 bridgehead atoms. The fourth-order valence-electron chi connectivity index (χ4n) is 3.81. The highest BCUT2D eigenvalue weighted by Gasteiger charge is 2.45. The van der Waals surface area contributed by atoms with Crippen LogP contribution in [0.3, 0.4) is 0 Å². The van der Waals surface area contributed by atoms with E-state index in [1.54, 1.807) is 6.92 Å². The van der Waals surface area contributed by atoms with Gasteiger partial charge in [0.15, 0.2) is 5.78 Å². The molecule has 0 saturated heterocycles. The van der Waals surface area contributed by atoms with Gasteiger partial charge in [-0.25, -0.2) is 4.79 Å². The molecule has 138 valence electrons. The molecule has 1 aliphatic carbocycles. The number of rotatable bonds is 3. The van der Waals surface area contributed by atoms with Gasteiger partial charge in [0.25, 0.3) is 0 Å². The van der Waals surface area contributed by atoms with Crippen molar-refractivity contribution >= 4 is 11.8 Å². The minimum absolute atomic E-state index is 0.00111. The Morgan fingerprint density at radius 2 is 2.00 bits per heavy atom. The van der Waals surface area contributed by atoms with Crippen molar-refractivity contribution in [2.45, 2.75) is 46.5 Å². The van der Waals surface area contributed by atoms with E-state index in [-0.39, 0.29) is 29.3 Å². The minimum Gasteiger partial charge on any atom is -0.462 e. The first kappa shape index (κ1) is 18.2. The molecule has 0 fully saturated rings. The summed E-state index contributed by atoms with van der Waals surface area (Å²) in [5.74, 6) is -0.491. The molecular formula is C21H25NO4. The van der Waals surface area contributed by atoms with Gasteiger partial charge in [-0.1, -0.05) is 38.1 Å². The topological polar surface area (TPSA) is 78.6 Å². The highest BCUT2D eigenvalue weighted by Crippen LogP contribution is 2.48. The van der Waals surface area contributed by atoms with E-state index in [1.165, 1.54) is 0 Å². The molecule has 1 aliphatic heterocycles. The van der Waals surface area contributed by atoms with Crippen LogP contribution in [0.4, 0.5) is 0 Å². The van der Waals surface area contributed by atoms with Gasteiger partial charge in [0.2, 0.25) is 5.88 Å². The van der Waals surface area contributed by atoms with Crippen molar-refractivity contribution in [1.82, 2.24) is 0 Å². The van der Waals surface area contributed by atoms with E-state index in [4.69, 9.17) is 15.2 Å². The molecule has 1 aromatic carbocycles. The molecule has 0 radical (unpaired) electrons. The number of hydrogen-bond donors (Lipinski definition) is 1. The summed E-state index contributed by atoms with van der Waals surface area (Å²) in [6, 6.07) is 7.71. The Hall–Kier alpha value is -2.56. The van der Waals surface area contributed by atoms with Crippen molar-refractivity contribution in [3.63, 3.8) is 0 Å². The zero-order valence-electron chi connectivity index (χ0n) is 15.7.